The molecule has 1 aromatic carbocycles. The molecule has 3 atom stereocenters. The lowest BCUT2D eigenvalue weighted by molar-refractivity contribution is -0.192. The lowest BCUT2D eigenvalue weighted by atomic mass is 9.91. The molecule has 1 aromatic rings. The van der Waals surface area contributed by atoms with Crippen LogP contribution in [0.15, 0.2) is 30.3 Å². The van der Waals surface area contributed by atoms with Crippen molar-refractivity contribution in [2.75, 3.05) is 19.0 Å². The normalized spacial score (nSPS) is 14.6. The van der Waals surface area contributed by atoms with Crippen molar-refractivity contribution in [3.05, 3.63) is 35.9 Å². The topological polar surface area (TPSA) is 82.1 Å². The molecule has 8 heteroatoms. The van der Waals surface area contributed by atoms with Gasteiger partial charge in [-0.05, 0) is 37.7 Å². The van der Waals surface area contributed by atoms with Crippen LogP contribution in [-0.4, -0.2) is 41.7 Å². The predicted molar refractivity (Wildman–Crippen MR) is 167 cm³/mol. The molecule has 0 saturated heterocycles. The van der Waals surface area contributed by atoms with Gasteiger partial charge in [-0.25, -0.2) is 4.79 Å². The van der Waals surface area contributed by atoms with Crippen molar-refractivity contribution >= 4 is 26.5 Å². The molecule has 0 aromatic heterocycles. The second-order valence-electron chi connectivity index (χ2n) is 10.8. The lowest BCUT2D eigenvalue weighted by Crippen LogP contribution is -2.38. The van der Waals surface area contributed by atoms with Gasteiger partial charge in [-0.3, -0.25) is 4.57 Å². The zero-order valence-electron chi connectivity index (χ0n) is 25.3. The van der Waals surface area contributed by atoms with Crippen molar-refractivity contribution in [1.29, 1.82) is 0 Å². The van der Waals surface area contributed by atoms with E-state index in [1.54, 1.807) is 6.92 Å². The van der Waals surface area contributed by atoms with Crippen LogP contribution in [-0.2, 0) is 23.0 Å². The van der Waals surface area contributed by atoms with Crippen molar-refractivity contribution in [3.8, 4) is 0 Å². The van der Waals surface area contributed by atoms with Gasteiger partial charge in [0.2, 0.25) is 8.46 Å². The minimum absolute atomic E-state index is 0.0587. The summed E-state index contributed by atoms with van der Waals surface area (Å²) in [7, 11) is -0.854. The maximum atomic E-state index is 12.5. The Morgan fingerprint density at radius 1 is 0.875 bits per heavy atom. The second kappa shape index (κ2) is 24.6. The van der Waals surface area contributed by atoms with Crippen LogP contribution < -0.4 is 0 Å². The Kier molecular flexibility index (Phi) is 22.8. The molecule has 0 radical (unpaired) electrons. The van der Waals surface area contributed by atoms with Crippen LogP contribution in [0.4, 0.5) is 0 Å². The Morgan fingerprint density at radius 2 is 1.45 bits per heavy atom. The summed E-state index contributed by atoms with van der Waals surface area (Å²) in [4.78, 5) is 12.5. The number of ether oxygens (including phenoxy) is 2. The van der Waals surface area contributed by atoms with Crippen LogP contribution in [0.2, 0.25) is 0 Å². The summed E-state index contributed by atoms with van der Waals surface area (Å²) in [5, 5.41) is 10.5. The molecular formula is C32H55O6PS. The van der Waals surface area contributed by atoms with Crippen molar-refractivity contribution in [1.82, 2.24) is 0 Å². The fraction of sp³-hybridized carbons (Fsp3) is 0.781. The van der Waals surface area contributed by atoms with E-state index in [1.165, 1.54) is 82.6 Å². The van der Waals surface area contributed by atoms with Crippen LogP contribution in [0.1, 0.15) is 135 Å². The molecule has 0 bridgehead atoms. The average molecular weight is 599 g/mol. The quantitative estimate of drug-likeness (QED) is 0.0467. The molecule has 0 heterocycles. The van der Waals surface area contributed by atoms with Gasteiger partial charge in [0, 0.05) is 12.4 Å². The number of unbranched alkanes of at least 4 members (excludes halogenated alkanes) is 12. The molecule has 0 amide bonds. The van der Waals surface area contributed by atoms with Gasteiger partial charge in [-0.2, -0.15) is 0 Å². The first-order chi connectivity index (χ1) is 19.5. The molecule has 0 aliphatic heterocycles. The number of benzene rings is 1. The molecule has 0 aliphatic carbocycles. The van der Waals surface area contributed by atoms with E-state index in [0.717, 1.165) is 37.7 Å². The van der Waals surface area contributed by atoms with Crippen molar-refractivity contribution in [2.45, 2.75) is 141 Å². The van der Waals surface area contributed by atoms with Crippen molar-refractivity contribution in [2.24, 2.45) is 0 Å². The monoisotopic (exact) mass is 598 g/mol. The smallest absolute Gasteiger partial charge is 0.387 e. The first-order valence-electron chi connectivity index (χ1n) is 15.7. The van der Waals surface area contributed by atoms with E-state index in [-0.39, 0.29) is 12.7 Å². The Labute approximate surface area is 250 Å². The summed E-state index contributed by atoms with van der Waals surface area (Å²) in [5.74, 6) is -0.104. The highest BCUT2D eigenvalue weighted by molar-refractivity contribution is 7.95. The molecule has 0 saturated carbocycles. The molecule has 1 N–H and O–H groups in total. The number of rotatable bonds is 27. The SMILES string of the molecule is CCCCCCCCCCOC(C)COC(O)(P=O)C(=O)OSCCC(CCCCCCCC)c1ccccc1. The summed E-state index contributed by atoms with van der Waals surface area (Å²) in [5.41, 5.74) is -1.23. The average Bonchev–Trinajstić information content (AvgIpc) is 2.98. The molecule has 0 fully saturated rings. The van der Waals surface area contributed by atoms with Gasteiger partial charge in [-0.15, -0.1) is 0 Å². The fourth-order valence-corrected chi connectivity index (χ4v) is 5.63. The first kappa shape index (κ1) is 37.0. The van der Waals surface area contributed by atoms with E-state index < -0.39 is 20.0 Å². The number of hydrogen-bond acceptors (Lipinski definition) is 7. The highest BCUT2D eigenvalue weighted by Gasteiger charge is 2.42. The van der Waals surface area contributed by atoms with E-state index in [9.17, 15) is 14.5 Å². The largest absolute Gasteiger partial charge is 0.391 e. The highest BCUT2D eigenvalue weighted by Crippen LogP contribution is 2.30. The number of carbonyl (C=O) groups is 1. The molecular weight excluding hydrogens is 543 g/mol. The second-order valence-corrected chi connectivity index (χ2v) is 12.4. The summed E-state index contributed by atoms with van der Waals surface area (Å²) in [6.07, 6.45) is 18.9. The molecule has 230 valence electrons. The van der Waals surface area contributed by atoms with E-state index in [4.69, 9.17) is 13.7 Å². The number of carbonyl (C=O) groups excluding carboxylic acids is 1. The Bertz CT molecular complexity index is 752. The summed E-state index contributed by atoms with van der Waals surface area (Å²) < 4.78 is 27.8. The first-order valence-corrected chi connectivity index (χ1v) is 17.4. The highest BCUT2D eigenvalue weighted by atomic mass is 32.2. The molecule has 6 nitrogen and oxygen atoms in total. The van der Waals surface area contributed by atoms with Crippen LogP contribution in [0.3, 0.4) is 0 Å². The minimum atomic E-state index is -2.53. The molecule has 1 rings (SSSR count). The predicted octanol–water partition coefficient (Wildman–Crippen LogP) is 9.60. The maximum Gasteiger partial charge on any atom is 0.391 e. The van der Waals surface area contributed by atoms with Crippen LogP contribution in [0, 0.1) is 0 Å². The molecule has 0 spiro atoms. The van der Waals surface area contributed by atoms with Gasteiger partial charge >= 0.3 is 11.5 Å². The Morgan fingerprint density at radius 3 is 2.05 bits per heavy atom. The van der Waals surface area contributed by atoms with Gasteiger partial charge in [0.15, 0.2) is 0 Å². The van der Waals surface area contributed by atoms with Gasteiger partial charge < -0.3 is 18.8 Å². The van der Waals surface area contributed by atoms with Crippen LogP contribution in [0.25, 0.3) is 0 Å². The number of aliphatic hydroxyl groups is 1. The van der Waals surface area contributed by atoms with E-state index in [2.05, 4.69) is 38.1 Å². The van der Waals surface area contributed by atoms with E-state index >= 15 is 0 Å². The van der Waals surface area contributed by atoms with E-state index in [0.29, 0.717) is 18.3 Å². The minimum Gasteiger partial charge on any atom is -0.387 e. The summed E-state index contributed by atoms with van der Waals surface area (Å²) >= 11 is 0.974. The molecule has 3 unspecified atom stereocenters. The van der Waals surface area contributed by atoms with Crippen LogP contribution >= 0.6 is 20.5 Å². The Hall–Kier alpha value is -0.980. The number of hydrogen-bond donors (Lipinski definition) is 1. The third-order valence-electron chi connectivity index (χ3n) is 7.17. The van der Waals surface area contributed by atoms with Gasteiger partial charge in [0.1, 0.15) is 0 Å². The summed E-state index contributed by atoms with van der Waals surface area (Å²) in [6, 6.07) is 10.4. The zero-order valence-corrected chi connectivity index (χ0v) is 27.0. The third kappa shape index (κ3) is 17.7. The van der Waals surface area contributed by atoms with Crippen molar-refractivity contribution in [3.63, 3.8) is 0 Å². The van der Waals surface area contributed by atoms with Crippen LogP contribution in [0.5, 0.6) is 0 Å². The third-order valence-corrected chi connectivity index (χ3v) is 8.40. The Balaban J connectivity index is 2.32. The van der Waals surface area contributed by atoms with Crippen molar-refractivity contribution < 1.29 is 28.1 Å². The maximum absolute atomic E-state index is 12.5. The zero-order chi connectivity index (χ0) is 29.3. The standard InChI is InChI=1S/C32H55O6PS/c1-4-6-8-10-12-13-15-20-25-36-28(3)27-37-32(34,39-35)31(33)38-40-26-24-30(29-21-18-16-19-22-29)23-17-14-11-9-7-5-2/h16,18-19,21-22,28,30,34H,4-15,17,20,23-27H2,1-3H3. The summed E-state index contributed by atoms with van der Waals surface area (Å²) in [6.45, 7) is 6.79. The van der Waals surface area contributed by atoms with Gasteiger partial charge in [-0.1, -0.05) is 128 Å². The van der Waals surface area contributed by atoms with E-state index in [1.807, 2.05) is 6.07 Å². The lowest BCUT2D eigenvalue weighted by Gasteiger charge is -2.21. The van der Waals surface area contributed by atoms with Gasteiger partial charge in [0.05, 0.1) is 24.8 Å². The molecule has 0 aliphatic rings. The fourth-order valence-electron chi connectivity index (χ4n) is 4.64. The van der Waals surface area contributed by atoms with Gasteiger partial charge in [0.25, 0.3) is 0 Å². The molecule has 40 heavy (non-hydrogen) atoms.